The van der Waals surface area contributed by atoms with Crippen LogP contribution >= 0.6 is 0 Å². The number of nitrogens with zero attached hydrogens (tertiary/aromatic N) is 2. The van der Waals surface area contributed by atoms with Crippen molar-refractivity contribution >= 4 is 35.4 Å². The van der Waals surface area contributed by atoms with Crippen molar-refractivity contribution in [2.24, 2.45) is 0 Å². The van der Waals surface area contributed by atoms with Gasteiger partial charge in [0.25, 0.3) is 0 Å². The zero-order valence-corrected chi connectivity index (χ0v) is 59.8. The van der Waals surface area contributed by atoms with Crippen LogP contribution in [0.1, 0.15) is 374 Å². The zero-order chi connectivity index (χ0) is 65.3. The Morgan fingerprint density at radius 3 is 0.656 bits per heavy atom. The molecule has 6 amide bonds. The fourth-order valence-electron chi connectivity index (χ4n) is 12.6. The van der Waals surface area contributed by atoms with Crippen LogP contribution in [-0.4, -0.2) is 123 Å². The van der Waals surface area contributed by atoms with E-state index < -0.39 is 12.1 Å². The Bertz CT molecular complexity index is 1460. The molecule has 0 bridgehead atoms. The van der Waals surface area contributed by atoms with E-state index in [1.54, 1.807) is 0 Å². The third-order valence-electron chi connectivity index (χ3n) is 18.7. The summed E-state index contributed by atoms with van der Waals surface area (Å²) in [5.74, 6) is -0.0997. The minimum absolute atomic E-state index is 0.0513. The largest absolute Gasteiger partial charge is 0.356 e. The van der Waals surface area contributed by atoms with E-state index in [1.165, 1.54) is 231 Å². The molecule has 1 fully saturated rings. The van der Waals surface area contributed by atoms with Gasteiger partial charge in [-0.05, 0) is 77.3 Å². The average Bonchev–Trinajstić information content (AvgIpc) is 2.10. The maximum absolute atomic E-state index is 13.4. The molecule has 528 valence electrons. The fourth-order valence-corrected chi connectivity index (χ4v) is 12.6. The molecule has 2 unspecified atom stereocenters. The predicted octanol–water partition coefficient (Wildman–Crippen LogP) is 17.2. The third-order valence-corrected chi connectivity index (χ3v) is 18.7. The molecule has 0 radical (unpaired) electrons. The molecular weight excluding hydrogens is 1120 g/mol. The first-order chi connectivity index (χ1) is 44.1. The van der Waals surface area contributed by atoms with Gasteiger partial charge in [0.05, 0.1) is 0 Å². The number of hydrogen-bond donors (Lipinski definition) is 6. The van der Waals surface area contributed by atoms with Gasteiger partial charge >= 0.3 is 0 Å². The first-order valence-electron chi connectivity index (χ1n) is 39.3. The lowest BCUT2D eigenvalue weighted by Gasteiger charge is -2.30. The summed E-state index contributed by atoms with van der Waals surface area (Å²) in [5.41, 5.74) is 0. The van der Waals surface area contributed by atoms with Crippen LogP contribution < -0.4 is 31.9 Å². The quantitative estimate of drug-likeness (QED) is 0.0326. The summed E-state index contributed by atoms with van der Waals surface area (Å²) in [5, 5.41) is 18.6. The first-order valence-corrected chi connectivity index (χ1v) is 39.3. The Balaban J connectivity index is 2.62. The Labute approximate surface area is 555 Å². The molecular formula is C76H148N8O6. The molecule has 90 heavy (non-hydrogen) atoms. The molecule has 1 aliphatic rings. The van der Waals surface area contributed by atoms with Crippen LogP contribution in [0.5, 0.6) is 0 Å². The highest BCUT2D eigenvalue weighted by molar-refractivity contribution is 5.96. The Hall–Kier alpha value is -3.26. The normalized spacial score (nSPS) is 14.1. The molecule has 0 aromatic carbocycles. The third kappa shape index (κ3) is 56.3. The molecule has 0 spiro atoms. The minimum atomic E-state index is -0.595. The molecule has 1 heterocycles. The molecule has 14 nitrogen and oxygen atoms in total. The summed E-state index contributed by atoms with van der Waals surface area (Å²) in [4.78, 5) is 83.3. The SMILES string of the molecule is CCCCCCCCCCCCCNC(=O)CCN(CCCCC1NC(=O)C(CCCCN(CCC(=O)NCCCCCCCCCCCCC)CCC(=O)NCCCCCCCCCCCCC)NC1=O)CCC(=O)NCCCCCCCCCCCCC. The number of amides is 6. The molecule has 0 aromatic rings. The number of nitrogens with one attached hydrogen (secondary N) is 6. The standard InChI is InChI=1S/C76H148N8O6/c1-5-9-13-17-21-25-29-33-37-41-47-59-77-71(85)55-65-83(66-56-72(86)78-60-48-42-38-34-30-26-22-18-14-10-6-2)63-51-45-53-69-75(89)82-70(76(90)81-69)54-46-52-64-84(67-57-73(87)79-61-49-43-39-35-31-27-23-19-15-11-7-3)68-58-74(88)80-62-50-44-40-36-32-28-24-20-16-12-8-4/h69-70H,5-68H2,1-4H3,(H,77,85)(H,78,86)(H,79,87)(H,80,88)(H,81,90)(H,82,89). The summed E-state index contributed by atoms with van der Waals surface area (Å²) in [7, 11) is 0. The van der Waals surface area contributed by atoms with Crippen molar-refractivity contribution in [3.05, 3.63) is 0 Å². The summed E-state index contributed by atoms with van der Waals surface area (Å²) >= 11 is 0. The number of carbonyl (C=O) groups is 6. The number of hydrogen-bond acceptors (Lipinski definition) is 8. The van der Waals surface area contributed by atoms with E-state index in [9.17, 15) is 28.8 Å². The molecule has 14 heteroatoms. The number of carbonyl (C=O) groups excluding carboxylic acids is 6. The molecule has 1 rings (SSSR count). The summed E-state index contributed by atoms with van der Waals surface area (Å²) in [6.45, 7) is 15.5. The highest BCUT2D eigenvalue weighted by Gasteiger charge is 2.33. The van der Waals surface area contributed by atoms with Crippen molar-refractivity contribution in [1.82, 2.24) is 41.7 Å². The maximum Gasteiger partial charge on any atom is 0.243 e. The van der Waals surface area contributed by atoms with E-state index in [0.29, 0.717) is 104 Å². The van der Waals surface area contributed by atoms with Crippen molar-refractivity contribution in [2.75, 3.05) is 65.4 Å². The topological polar surface area (TPSA) is 181 Å². The van der Waals surface area contributed by atoms with Crippen LogP contribution in [0.15, 0.2) is 0 Å². The van der Waals surface area contributed by atoms with Gasteiger partial charge in [0.1, 0.15) is 12.1 Å². The summed E-state index contributed by atoms with van der Waals surface area (Å²) in [6, 6.07) is -1.19. The number of unbranched alkanes of at least 4 members (excludes halogenated alkanes) is 42. The van der Waals surface area contributed by atoms with Gasteiger partial charge in [0.15, 0.2) is 0 Å². The van der Waals surface area contributed by atoms with Gasteiger partial charge in [-0.25, -0.2) is 0 Å². The van der Waals surface area contributed by atoms with Gasteiger partial charge in [-0.1, -0.05) is 285 Å². The van der Waals surface area contributed by atoms with Gasteiger partial charge in [-0.3, -0.25) is 28.8 Å². The van der Waals surface area contributed by atoms with Crippen molar-refractivity contribution in [2.45, 2.75) is 387 Å². The van der Waals surface area contributed by atoms with Crippen molar-refractivity contribution < 1.29 is 28.8 Å². The van der Waals surface area contributed by atoms with Gasteiger partial charge in [0.2, 0.25) is 35.4 Å². The number of piperazine rings is 1. The second-order valence-electron chi connectivity index (χ2n) is 27.3. The maximum atomic E-state index is 13.4. The second-order valence-corrected chi connectivity index (χ2v) is 27.3. The summed E-state index contributed by atoms with van der Waals surface area (Å²) < 4.78 is 0. The monoisotopic (exact) mass is 1270 g/mol. The van der Waals surface area contributed by atoms with Crippen LogP contribution in [-0.2, 0) is 28.8 Å². The van der Waals surface area contributed by atoms with Crippen LogP contribution in [0.25, 0.3) is 0 Å². The Kier molecular flexibility index (Phi) is 62.0. The van der Waals surface area contributed by atoms with E-state index in [2.05, 4.69) is 69.4 Å². The Morgan fingerprint density at radius 2 is 0.456 bits per heavy atom. The Morgan fingerprint density at radius 1 is 0.267 bits per heavy atom. The van der Waals surface area contributed by atoms with E-state index in [4.69, 9.17) is 0 Å². The van der Waals surface area contributed by atoms with Crippen LogP contribution in [0, 0.1) is 0 Å². The van der Waals surface area contributed by atoms with Crippen LogP contribution in [0.3, 0.4) is 0 Å². The molecule has 2 atom stereocenters. The second kappa shape index (κ2) is 65.8. The number of rotatable bonds is 70. The lowest BCUT2D eigenvalue weighted by Crippen LogP contribution is -2.61. The van der Waals surface area contributed by atoms with Crippen molar-refractivity contribution in [1.29, 1.82) is 0 Å². The molecule has 1 saturated heterocycles. The lowest BCUT2D eigenvalue weighted by atomic mass is 10.0. The minimum Gasteiger partial charge on any atom is -0.356 e. The molecule has 0 aromatic heterocycles. The van der Waals surface area contributed by atoms with Gasteiger partial charge in [0, 0.05) is 78.0 Å². The van der Waals surface area contributed by atoms with E-state index in [1.807, 2.05) is 0 Å². The first kappa shape index (κ1) is 84.8. The predicted molar refractivity (Wildman–Crippen MR) is 381 cm³/mol. The molecule has 0 saturated carbocycles. The van der Waals surface area contributed by atoms with Crippen molar-refractivity contribution in [3.63, 3.8) is 0 Å². The van der Waals surface area contributed by atoms with Gasteiger partial charge < -0.3 is 41.7 Å². The highest BCUT2D eigenvalue weighted by atomic mass is 16.2. The van der Waals surface area contributed by atoms with Gasteiger partial charge in [-0.2, -0.15) is 0 Å². The molecule has 0 aliphatic carbocycles. The lowest BCUT2D eigenvalue weighted by molar-refractivity contribution is -0.137. The van der Waals surface area contributed by atoms with Crippen molar-refractivity contribution in [3.8, 4) is 0 Å². The van der Waals surface area contributed by atoms with E-state index in [-0.39, 0.29) is 35.4 Å². The van der Waals surface area contributed by atoms with E-state index in [0.717, 1.165) is 77.0 Å². The van der Waals surface area contributed by atoms with Crippen LogP contribution in [0.4, 0.5) is 0 Å². The van der Waals surface area contributed by atoms with E-state index >= 15 is 0 Å². The van der Waals surface area contributed by atoms with Gasteiger partial charge in [-0.15, -0.1) is 0 Å². The fraction of sp³-hybridized carbons (Fsp3) is 0.921. The van der Waals surface area contributed by atoms with Crippen LogP contribution in [0.2, 0.25) is 0 Å². The summed E-state index contributed by atoms with van der Waals surface area (Å²) in [6.07, 6.45) is 61.6. The molecule has 1 aliphatic heterocycles. The highest BCUT2D eigenvalue weighted by Crippen LogP contribution is 2.17. The average molecular weight is 1270 g/mol. The molecule has 6 N–H and O–H groups in total. The zero-order valence-electron chi connectivity index (χ0n) is 59.8. The smallest absolute Gasteiger partial charge is 0.243 e.